The standard InChI is InChI=1S/C3H2BrClN2S/c4-1-2(5)6-7-3(1)8/h(H2,6,7,8). The number of hydrogen-bond donors (Lipinski definition) is 2. The zero-order chi connectivity index (χ0) is 6.15. The van der Waals surface area contributed by atoms with Gasteiger partial charge in [0.15, 0.2) is 0 Å². The van der Waals surface area contributed by atoms with Crippen LogP contribution in [-0.2, 0) is 0 Å². The molecule has 1 rings (SSSR count). The van der Waals surface area contributed by atoms with Crippen molar-refractivity contribution >= 4 is 39.7 Å². The van der Waals surface area contributed by atoms with Gasteiger partial charge in [-0.15, -0.1) is 0 Å². The van der Waals surface area contributed by atoms with Gasteiger partial charge in [-0.05, 0) is 15.9 Å². The van der Waals surface area contributed by atoms with Crippen LogP contribution in [0.1, 0.15) is 0 Å². The normalized spacial score (nSPS) is 9.75. The van der Waals surface area contributed by atoms with Crippen LogP contribution in [0.4, 0.5) is 0 Å². The molecule has 0 aliphatic rings. The zero-order valence-corrected chi connectivity index (χ0v) is 6.82. The van der Waals surface area contributed by atoms with Gasteiger partial charge in [0.25, 0.3) is 0 Å². The van der Waals surface area contributed by atoms with Gasteiger partial charge in [-0.3, -0.25) is 10.2 Å². The maximum atomic E-state index is 5.53. The van der Waals surface area contributed by atoms with E-state index in [-0.39, 0.29) is 0 Å². The number of halogens is 2. The highest BCUT2D eigenvalue weighted by Gasteiger charge is 1.96. The summed E-state index contributed by atoms with van der Waals surface area (Å²) in [6.45, 7) is 0. The fourth-order valence-corrected chi connectivity index (χ4v) is 0.870. The molecule has 0 spiro atoms. The van der Waals surface area contributed by atoms with Crippen molar-refractivity contribution in [3.05, 3.63) is 14.3 Å². The molecule has 8 heavy (non-hydrogen) atoms. The Kier molecular flexibility index (Phi) is 1.74. The fourth-order valence-electron chi connectivity index (χ4n) is 0.321. The van der Waals surface area contributed by atoms with E-state index >= 15 is 0 Å². The molecule has 0 unspecified atom stereocenters. The zero-order valence-electron chi connectivity index (χ0n) is 3.66. The summed E-state index contributed by atoms with van der Waals surface area (Å²) in [5.41, 5.74) is 0. The molecule has 0 bridgehead atoms. The van der Waals surface area contributed by atoms with Crippen LogP contribution in [0.2, 0.25) is 5.15 Å². The van der Waals surface area contributed by atoms with E-state index in [9.17, 15) is 0 Å². The van der Waals surface area contributed by atoms with E-state index in [0.29, 0.717) is 14.3 Å². The van der Waals surface area contributed by atoms with Gasteiger partial charge in [-0.25, -0.2) is 0 Å². The van der Waals surface area contributed by atoms with Crippen LogP contribution in [0.15, 0.2) is 4.47 Å². The predicted molar refractivity (Wildman–Crippen MR) is 38.7 cm³/mol. The van der Waals surface area contributed by atoms with E-state index in [2.05, 4.69) is 26.1 Å². The number of rotatable bonds is 0. The monoisotopic (exact) mass is 212 g/mol. The first-order valence-corrected chi connectivity index (χ1v) is 3.41. The summed E-state index contributed by atoms with van der Waals surface area (Å²) in [6.07, 6.45) is 0. The summed E-state index contributed by atoms with van der Waals surface area (Å²) in [6, 6.07) is 0. The van der Waals surface area contributed by atoms with Crippen molar-refractivity contribution in [3.8, 4) is 0 Å². The molecule has 2 nitrogen and oxygen atoms in total. The molecule has 44 valence electrons. The van der Waals surface area contributed by atoms with Gasteiger partial charge >= 0.3 is 0 Å². The minimum Gasteiger partial charge on any atom is -0.289 e. The quantitative estimate of drug-likeness (QED) is 0.638. The van der Waals surface area contributed by atoms with Crippen molar-refractivity contribution < 1.29 is 0 Å². The topological polar surface area (TPSA) is 31.6 Å². The van der Waals surface area contributed by atoms with Crippen LogP contribution in [-0.4, -0.2) is 10.2 Å². The first-order chi connectivity index (χ1) is 3.72. The number of aromatic amines is 2. The third kappa shape index (κ3) is 0.962. The Morgan fingerprint density at radius 3 is 2.25 bits per heavy atom. The average Bonchev–Trinajstić information content (AvgIpc) is 1.98. The summed E-state index contributed by atoms with van der Waals surface area (Å²) in [7, 11) is 0. The predicted octanol–water partition coefficient (Wildman–Crippen LogP) is 2.49. The van der Waals surface area contributed by atoms with E-state index in [1.807, 2.05) is 0 Å². The van der Waals surface area contributed by atoms with Crippen molar-refractivity contribution in [1.82, 2.24) is 10.2 Å². The van der Waals surface area contributed by atoms with Gasteiger partial charge in [-0.1, -0.05) is 23.8 Å². The lowest BCUT2D eigenvalue weighted by atomic mass is 10.7. The molecule has 1 aromatic heterocycles. The van der Waals surface area contributed by atoms with Crippen molar-refractivity contribution in [2.24, 2.45) is 0 Å². The SMILES string of the molecule is S=c1[nH][nH]c(Cl)c1Br. The molecule has 0 saturated carbocycles. The van der Waals surface area contributed by atoms with Crippen molar-refractivity contribution in [1.29, 1.82) is 0 Å². The Morgan fingerprint density at radius 1 is 1.50 bits per heavy atom. The van der Waals surface area contributed by atoms with E-state index in [4.69, 9.17) is 23.8 Å². The molecule has 0 fully saturated rings. The Balaban J connectivity index is 3.41. The van der Waals surface area contributed by atoms with Gasteiger partial charge in [0.2, 0.25) is 0 Å². The second kappa shape index (κ2) is 2.21. The average molecular weight is 213 g/mol. The largest absolute Gasteiger partial charge is 0.289 e. The second-order valence-corrected chi connectivity index (χ2v) is 2.79. The second-order valence-electron chi connectivity index (χ2n) is 1.21. The molecule has 0 radical (unpaired) electrons. The fraction of sp³-hybridized carbons (Fsp3) is 0. The Morgan fingerprint density at radius 2 is 2.12 bits per heavy atom. The molecule has 0 aliphatic heterocycles. The van der Waals surface area contributed by atoms with E-state index in [1.165, 1.54) is 0 Å². The highest BCUT2D eigenvalue weighted by atomic mass is 79.9. The van der Waals surface area contributed by atoms with Gasteiger partial charge < -0.3 is 0 Å². The minimum absolute atomic E-state index is 0.509. The number of H-pyrrole nitrogens is 2. The molecular formula is C3H2BrClN2S. The van der Waals surface area contributed by atoms with Crippen molar-refractivity contribution in [2.75, 3.05) is 0 Å². The third-order valence-electron chi connectivity index (χ3n) is 0.678. The first kappa shape index (κ1) is 6.32. The highest BCUT2D eigenvalue weighted by Crippen LogP contribution is 2.19. The van der Waals surface area contributed by atoms with Crippen LogP contribution in [0.25, 0.3) is 0 Å². The highest BCUT2D eigenvalue weighted by molar-refractivity contribution is 9.10. The molecule has 5 heteroatoms. The maximum absolute atomic E-state index is 5.53. The Labute approximate surface area is 64.4 Å². The minimum atomic E-state index is 0.509. The molecule has 0 aromatic carbocycles. The van der Waals surface area contributed by atoms with Gasteiger partial charge in [0.05, 0.1) is 4.47 Å². The van der Waals surface area contributed by atoms with Crippen LogP contribution in [0, 0.1) is 4.64 Å². The summed E-state index contributed by atoms with van der Waals surface area (Å²) in [5, 5.41) is 5.78. The molecule has 1 aromatic rings. The summed E-state index contributed by atoms with van der Waals surface area (Å²) < 4.78 is 1.31. The Bertz CT molecular complexity index is 240. The van der Waals surface area contributed by atoms with Crippen molar-refractivity contribution in [3.63, 3.8) is 0 Å². The van der Waals surface area contributed by atoms with Crippen LogP contribution in [0.3, 0.4) is 0 Å². The number of nitrogens with one attached hydrogen (secondary N) is 2. The lowest BCUT2D eigenvalue weighted by Gasteiger charge is -1.74. The van der Waals surface area contributed by atoms with Gasteiger partial charge in [0.1, 0.15) is 9.79 Å². The maximum Gasteiger partial charge on any atom is 0.138 e. The molecule has 2 N–H and O–H groups in total. The van der Waals surface area contributed by atoms with Crippen LogP contribution >= 0.6 is 39.7 Å². The molecule has 0 saturated heterocycles. The van der Waals surface area contributed by atoms with E-state index < -0.39 is 0 Å². The van der Waals surface area contributed by atoms with E-state index in [0.717, 1.165) is 0 Å². The third-order valence-corrected chi connectivity index (χ3v) is 2.55. The lowest BCUT2D eigenvalue weighted by molar-refractivity contribution is 1.08. The van der Waals surface area contributed by atoms with Crippen LogP contribution in [0.5, 0.6) is 0 Å². The number of aromatic nitrogens is 2. The molecule has 0 atom stereocenters. The molecular weight excluding hydrogens is 211 g/mol. The van der Waals surface area contributed by atoms with Gasteiger partial charge in [0, 0.05) is 0 Å². The van der Waals surface area contributed by atoms with Crippen molar-refractivity contribution in [2.45, 2.75) is 0 Å². The molecule has 0 amide bonds. The summed E-state index contributed by atoms with van der Waals surface area (Å²) in [4.78, 5) is 0. The smallest absolute Gasteiger partial charge is 0.138 e. The van der Waals surface area contributed by atoms with Gasteiger partial charge in [-0.2, -0.15) is 0 Å². The van der Waals surface area contributed by atoms with Crippen LogP contribution < -0.4 is 0 Å². The lowest BCUT2D eigenvalue weighted by Crippen LogP contribution is -1.60. The van der Waals surface area contributed by atoms with E-state index in [1.54, 1.807) is 0 Å². The first-order valence-electron chi connectivity index (χ1n) is 1.83. The number of hydrogen-bond acceptors (Lipinski definition) is 1. The molecule has 0 aliphatic carbocycles. The Hall–Kier alpha value is 0.200. The summed E-state index contributed by atoms with van der Waals surface area (Å²) >= 11 is 13.4. The molecule has 1 heterocycles. The summed E-state index contributed by atoms with van der Waals surface area (Å²) in [5.74, 6) is 0.